The first-order valence-electron chi connectivity index (χ1n) is 5.93. The lowest BCUT2D eigenvalue weighted by Crippen LogP contribution is -2.06. The summed E-state index contributed by atoms with van der Waals surface area (Å²) >= 11 is 1.31. The number of hydrogen-bond donors (Lipinski definition) is 1. The van der Waals surface area contributed by atoms with Gasteiger partial charge < -0.3 is 5.11 Å². The number of benzene rings is 1. The molecule has 0 aliphatic rings. The molecule has 0 saturated heterocycles. The molecule has 1 N–H and O–H groups in total. The minimum absolute atomic E-state index is 0.139. The number of carbonyl (C=O) groups is 1. The van der Waals surface area contributed by atoms with Gasteiger partial charge in [0.15, 0.2) is 0 Å². The summed E-state index contributed by atoms with van der Waals surface area (Å²) in [4.78, 5) is 11.6. The molecule has 0 atom stereocenters. The lowest BCUT2D eigenvalue weighted by Gasteiger charge is -2.14. The summed E-state index contributed by atoms with van der Waals surface area (Å²) in [6, 6.07) is 3.36. The molecule has 1 rings (SSSR count). The van der Waals surface area contributed by atoms with E-state index in [1.165, 1.54) is 24.8 Å². The van der Waals surface area contributed by atoms with Crippen LogP contribution < -0.4 is 0 Å². The number of aryl methyl sites for hydroxylation is 1. The predicted octanol–water partition coefficient (Wildman–Crippen LogP) is 4.58. The van der Waals surface area contributed by atoms with Gasteiger partial charge in [0.2, 0.25) is 0 Å². The molecule has 2 nitrogen and oxygen atoms in total. The summed E-state index contributed by atoms with van der Waals surface area (Å²) in [6.07, 6.45) is -4.40. The topological polar surface area (TPSA) is 37.3 Å². The molecule has 0 amide bonds. The highest BCUT2D eigenvalue weighted by molar-refractivity contribution is 8.08. The van der Waals surface area contributed by atoms with Crippen molar-refractivity contribution in [1.82, 2.24) is 0 Å². The van der Waals surface area contributed by atoms with Crippen molar-refractivity contribution >= 4 is 22.6 Å². The first kappa shape index (κ1) is 16.6. The van der Waals surface area contributed by atoms with Crippen LogP contribution in [0.15, 0.2) is 23.8 Å². The highest BCUT2D eigenvalue weighted by Gasteiger charge is 2.31. The Labute approximate surface area is 119 Å². The number of carboxylic acid groups (broad SMARTS) is 1. The number of rotatable bonds is 4. The monoisotopic (exact) mass is 304 g/mol. The standard InChI is InChI=1S/C14H15F3O2S/c1-4-20-12(9(3)13(18)19)11-6-5-10(7-8(11)2)14(15,16)17/h5-7H,4H2,1-3H3,(H,18,19)/b12-9-. The van der Waals surface area contributed by atoms with Crippen LogP contribution in [0.1, 0.15) is 30.5 Å². The number of thioether (sulfide) groups is 1. The molecule has 0 aliphatic heterocycles. The third kappa shape index (κ3) is 3.79. The summed E-state index contributed by atoms with van der Waals surface area (Å²) in [5.41, 5.74) is 0.355. The van der Waals surface area contributed by atoms with Crippen molar-refractivity contribution in [2.24, 2.45) is 0 Å². The lowest BCUT2D eigenvalue weighted by molar-refractivity contribution is -0.137. The molecule has 110 valence electrons. The van der Waals surface area contributed by atoms with Crippen LogP contribution >= 0.6 is 11.8 Å². The van der Waals surface area contributed by atoms with Crippen molar-refractivity contribution < 1.29 is 23.1 Å². The maximum absolute atomic E-state index is 12.6. The van der Waals surface area contributed by atoms with Gasteiger partial charge in [-0.3, -0.25) is 0 Å². The zero-order valence-corrected chi connectivity index (χ0v) is 12.2. The van der Waals surface area contributed by atoms with Crippen LogP contribution in [0.2, 0.25) is 0 Å². The van der Waals surface area contributed by atoms with E-state index in [0.717, 1.165) is 12.1 Å². The van der Waals surface area contributed by atoms with Gasteiger partial charge in [-0.25, -0.2) is 4.79 Å². The molecule has 1 aromatic rings. The Morgan fingerprint density at radius 2 is 1.95 bits per heavy atom. The fraction of sp³-hybridized carbons (Fsp3) is 0.357. The molecule has 0 aliphatic carbocycles. The van der Waals surface area contributed by atoms with Gasteiger partial charge in [-0.2, -0.15) is 13.2 Å². The van der Waals surface area contributed by atoms with Crippen LogP contribution in [0.3, 0.4) is 0 Å². The van der Waals surface area contributed by atoms with Crippen LogP contribution in [-0.2, 0) is 11.0 Å². The molecule has 1 aromatic carbocycles. The van der Waals surface area contributed by atoms with Gasteiger partial charge in [-0.05, 0) is 42.9 Å². The average molecular weight is 304 g/mol. The number of hydrogen-bond acceptors (Lipinski definition) is 2. The zero-order valence-electron chi connectivity index (χ0n) is 11.3. The van der Waals surface area contributed by atoms with Crippen LogP contribution in [0.5, 0.6) is 0 Å². The van der Waals surface area contributed by atoms with E-state index < -0.39 is 17.7 Å². The molecular weight excluding hydrogens is 289 g/mol. The van der Waals surface area contributed by atoms with Crippen molar-refractivity contribution in [3.8, 4) is 0 Å². The Bertz CT molecular complexity index is 548. The Morgan fingerprint density at radius 3 is 2.35 bits per heavy atom. The number of halogens is 3. The SMILES string of the molecule is CCS/C(=C(/C)C(=O)O)c1ccc(C(F)(F)F)cc1C. The Kier molecular flexibility index (Phi) is 5.28. The fourth-order valence-corrected chi connectivity index (χ4v) is 2.70. The first-order chi connectivity index (χ1) is 9.18. The van der Waals surface area contributed by atoms with E-state index in [4.69, 9.17) is 5.11 Å². The van der Waals surface area contributed by atoms with E-state index in [1.54, 1.807) is 6.92 Å². The summed E-state index contributed by atoms with van der Waals surface area (Å²) in [6.45, 7) is 4.87. The molecule has 20 heavy (non-hydrogen) atoms. The molecule has 0 heterocycles. The van der Waals surface area contributed by atoms with E-state index in [-0.39, 0.29) is 5.57 Å². The first-order valence-corrected chi connectivity index (χ1v) is 6.92. The van der Waals surface area contributed by atoms with Gasteiger partial charge in [-0.1, -0.05) is 13.0 Å². The van der Waals surface area contributed by atoms with Crippen molar-refractivity contribution in [3.05, 3.63) is 40.5 Å². The highest BCUT2D eigenvalue weighted by atomic mass is 32.2. The Morgan fingerprint density at radius 1 is 1.35 bits per heavy atom. The second-order valence-corrected chi connectivity index (χ2v) is 5.49. The highest BCUT2D eigenvalue weighted by Crippen LogP contribution is 2.36. The second kappa shape index (κ2) is 6.35. The molecule has 0 unspecified atom stereocenters. The minimum Gasteiger partial charge on any atom is -0.478 e. The van der Waals surface area contributed by atoms with E-state index >= 15 is 0 Å². The molecule has 0 spiro atoms. The molecular formula is C14H15F3O2S. The third-order valence-electron chi connectivity index (χ3n) is 2.75. The predicted molar refractivity (Wildman–Crippen MR) is 74.5 cm³/mol. The molecule has 0 radical (unpaired) electrons. The van der Waals surface area contributed by atoms with E-state index in [1.807, 2.05) is 6.92 Å². The van der Waals surface area contributed by atoms with E-state index in [2.05, 4.69) is 0 Å². The molecule has 0 saturated carbocycles. The Hall–Kier alpha value is -1.43. The van der Waals surface area contributed by atoms with Gasteiger partial charge in [0.05, 0.1) is 5.56 Å². The maximum atomic E-state index is 12.6. The number of carboxylic acids is 1. The van der Waals surface area contributed by atoms with E-state index in [0.29, 0.717) is 21.8 Å². The summed E-state index contributed by atoms with van der Waals surface area (Å²) in [5.74, 6) is -0.430. The lowest BCUT2D eigenvalue weighted by atomic mass is 10.0. The van der Waals surface area contributed by atoms with Gasteiger partial charge in [-0.15, -0.1) is 11.8 Å². The minimum atomic E-state index is -4.40. The Balaban J connectivity index is 3.38. The largest absolute Gasteiger partial charge is 0.478 e. The number of alkyl halides is 3. The van der Waals surface area contributed by atoms with Crippen molar-refractivity contribution in [2.75, 3.05) is 5.75 Å². The molecule has 0 bridgehead atoms. The number of aliphatic carboxylic acids is 1. The quantitative estimate of drug-likeness (QED) is 0.827. The molecule has 0 fully saturated rings. The average Bonchev–Trinajstić information content (AvgIpc) is 2.34. The van der Waals surface area contributed by atoms with Gasteiger partial charge >= 0.3 is 12.1 Å². The summed E-state index contributed by atoms with van der Waals surface area (Å²) in [7, 11) is 0. The van der Waals surface area contributed by atoms with Crippen LogP contribution in [-0.4, -0.2) is 16.8 Å². The smallest absolute Gasteiger partial charge is 0.416 e. The van der Waals surface area contributed by atoms with Crippen molar-refractivity contribution in [1.29, 1.82) is 0 Å². The van der Waals surface area contributed by atoms with Crippen LogP contribution in [0.4, 0.5) is 13.2 Å². The van der Waals surface area contributed by atoms with Gasteiger partial charge in [0, 0.05) is 10.5 Å². The normalized spacial score (nSPS) is 13.1. The maximum Gasteiger partial charge on any atom is 0.416 e. The second-order valence-electron chi connectivity index (χ2n) is 4.22. The summed E-state index contributed by atoms with van der Waals surface area (Å²) in [5, 5.41) is 9.06. The summed E-state index contributed by atoms with van der Waals surface area (Å²) < 4.78 is 37.9. The van der Waals surface area contributed by atoms with E-state index in [9.17, 15) is 18.0 Å². The zero-order chi connectivity index (χ0) is 15.5. The van der Waals surface area contributed by atoms with Crippen molar-refractivity contribution in [3.63, 3.8) is 0 Å². The van der Waals surface area contributed by atoms with Crippen molar-refractivity contribution in [2.45, 2.75) is 26.9 Å². The van der Waals surface area contributed by atoms with Gasteiger partial charge in [0.1, 0.15) is 0 Å². The van der Waals surface area contributed by atoms with Crippen LogP contribution in [0.25, 0.3) is 4.91 Å². The molecule has 0 aromatic heterocycles. The van der Waals surface area contributed by atoms with Gasteiger partial charge in [0.25, 0.3) is 0 Å². The molecule has 6 heteroatoms. The third-order valence-corrected chi connectivity index (χ3v) is 3.85. The van der Waals surface area contributed by atoms with Crippen LogP contribution in [0, 0.1) is 6.92 Å². The fourth-order valence-electron chi connectivity index (χ4n) is 1.72.